The summed E-state index contributed by atoms with van der Waals surface area (Å²) in [6.07, 6.45) is 0.335. The predicted molar refractivity (Wildman–Crippen MR) is 55.5 cm³/mol. The molecule has 0 bridgehead atoms. The maximum Gasteiger partial charge on any atom is 0.326 e. The largest absolute Gasteiger partial charge is 0.480 e. The lowest BCUT2D eigenvalue weighted by Gasteiger charge is -2.22. The molecule has 1 heterocycles. The van der Waals surface area contributed by atoms with Crippen molar-refractivity contribution in [1.29, 1.82) is 0 Å². The summed E-state index contributed by atoms with van der Waals surface area (Å²) in [4.78, 5) is 34.7. The van der Waals surface area contributed by atoms with Crippen LogP contribution in [0.4, 0.5) is 0 Å². The lowest BCUT2D eigenvalue weighted by molar-refractivity contribution is -0.155. The maximum atomic E-state index is 11.7. The summed E-state index contributed by atoms with van der Waals surface area (Å²) >= 11 is 3.95. The summed E-state index contributed by atoms with van der Waals surface area (Å²) in [5.74, 6) is -2.10. The molecule has 0 aromatic heterocycles. The summed E-state index contributed by atoms with van der Waals surface area (Å²) < 4.78 is 0. The topological polar surface area (TPSA) is 74.7 Å². The van der Waals surface area contributed by atoms with Gasteiger partial charge in [0.1, 0.15) is 6.04 Å². The van der Waals surface area contributed by atoms with Crippen molar-refractivity contribution in [3.8, 4) is 0 Å². The third-order valence-electron chi connectivity index (χ3n) is 2.43. The van der Waals surface area contributed by atoms with Crippen LogP contribution in [0.2, 0.25) is 0 Å². The van der Waals surface area contributed by atoms with E-state index in [0.29, 0.717) is 5.75 Å². The Labute approximate surface area is 92.8 Å². The Morgan fingerprint density at radius 3 is 2.73 bits per heavy atom. The van der Waals surface area contributed by atoms with Gasteiger partial charge in [-0.1, -0.05) is 6.92 Å². The molecule has 1 fully saturated rings. The fourth-order valence-electron chi connectivity index (χ4n) is 1.51. The third kappa shape index (κ3) is 2.31. The van der Waals surface area contributed by atoms with Crippen molar-refractivity contribution >= 4 is 30.4 Å². The molecule has 0 aliphatic carbocycles. The lowest BCUT2D eigenvalue weighted by Crippen LogP contribution is -2.45. The van der Waals surface area contributed by atoms with E-state index in [2.05, 4.69) is 12.6 Å². The lowest BCUT2D eigenvalue weighted by atomic mass is 10.1. The van der Waals surface area contributed by atoms with E-state index < -0.39 is 29.7 Å². The summed E-state index contributed by atoms with van der Waals surface area (Å²) in [6.45, 7) is 1.62. The number of hydrogen-bond donors (Lipinski definition) is 2. The molecule has 2 atom stereocenters. The molecule has 0 spiro atoms. The monoisotopic (exact) mass is 231 g/mol. The standard InChI is InChI=1S/C9H13NO4S/c1-5(4-15)8(12)10-6(9(13)14)2-3-7(10)11/h5-6,15H,2-4H2,1H3,(H,13,14)/t5?,6-/m0/s1. The van der Waals surface area contributed by atoms with Crippen LogP contribution in [0.25, 0.3) is 0 Å². The van der Waals surface area contributed by atoms with Crippen LogP contribution in [0.15, 0.2) is 0 Å². The Kier molecular flexibility index (Phi) is 3.73. The maximum absolute atomic E-state index is 11.7. The normalized spacial score (nSPS) is 22.9. The number of aliphatic carboxylic acids is 1. The second kappa shape index (κ2) is 4.65. The molecule has 1 aliphatic heterocycles. The van der Waals surface area contributed by atoms with E-state index in [-0.39, 0.29) is 12.8 Å². The van der Waals surface area contributed by atoms with E-state index in [1.807, 2.05) is 0 Å². The molecule has 0 aromatic carbocycles. The number of likely N-dealkylation sites (tertiary alicyclic amines) is 1. The zero-order valence-corrected chi connectivity index (χ0v) is 9.24. The highest BCUT2D eigenvalue weighted by Gasteiger charge is 2.41. The number of hydrogen-bond acceptors (Lipinski definition) is 4. The molecule has 1 rings (SSSR count). The van der Waals surface area contributed by atoms with E-state index in [0.717, 1.165) is 4.90 Å². The number of carboxylic acid groups (broad SMARTS) is 1. The molecule has 1 unspecified atom stereocenters. The van der Waals surface area contributed by atoms with Crippen molar-refractivity contribution in [2.24, 2.45) is 5.92 Å². The van der Waals surface area contributed by atoms with Crippen molar-refractivity contribution in [3.05, 3.63) is 0 Å². The highest BCUT2D eigenvalue weighted by molar-refractivity contribution is 7.80. The second-order valence-electron chi connectivity index (χ2n) is 3.58. The first-order chi connectivity index (χ1) is 6.99. The molecular formula is C9H13NO4S. The molecule has 84 valence electrons. The fourth-order valence-corrected chi connectivity index (χ4v) is 1.67. The van der Waals surface area contributed by atoms with Crippen LogP contribution >= 0.6 is 12.6 Å². The van der Waals surface area contributed by atoms with Crippen molar-refractivity contribution < 1.29 is 19.5 Å². The van der Waals surface area contributed by atoms with Gasteiger partial charge in [0, 0.05) is 18.1 Å². The number of rotatable bonds is 3. The third-order valence-corrected chi connectivity index (χ3v) is 2.98. The van der Waals surface area contributed by atoms with E-state index in [1.165, 1.54) is 0 Å². The zero-order valence-electron chi connectivity index (χ0n) is 8.34. The van der Waals surface area contributed by atoms with Gasteiger partial charge in [-0.2, -0.15) is 12.6 Å². The Hall–Kier alpha value is -1.04. The zero-order chi connectivity index (χ0) is 11.6. The minimum absolute atomic E-state index is 0.127. The van der Waals surface area contributed by atoms with Gasteiger partial charge in [0.25, 0.3) is 0 Å². The molecular weight excluding hydrogens is 218 g/mol. The first-order valence-electron chi connectivity index (χ1n) is 4.68. The van der Waals surface area contributed by atoms with E-state index >= 15 is 0 Å². The van der Waals surface area contributed by atoms with Crippen LogP contribution in [-0.2, 0) is 14.4 Å². The van der Waals surface area contributed by atoms with Crippen molar-refractivity contribution in [2.45, 2.75) is 25.8 Å². The van der Waals surface area contributed by atoms with Gasteiger partial charge in [0.05, 0.1) is 0 Å². The van der Waals surface area contributed by atoms with Gasteiger partial charge in [-0.3, -0.25) is 14.5 Å². The first kappa shape index (κ1) is 12.0. The molecule has 0 aromatic rings. The van der Waals surface area contributed by atoms with Gasteiger partial charge in [0.15, 0.2) is 0 Å². The van der Waals surface area contributed by atoms with Gasteiger partial charge in [-0.15, -0.1) is 0 Å². The van der Waals surface area contributed by atoms with Crippen molar-refractivity contribution in [2.75, 3.05) is 5.75 Å². The average Bonchev–Trinajstić information content (AvgIpc) is 2.58. The van der Waals surface area contributed by atoms with Crippen LogP contribution < -0.4 is 0 Å². The van der Waals surface area contributed by atoms with Crippen LogP contribution in [0, 0.1) is 5.92 Å². The smallest absolute Gasteiger partial charge is 0.326 e. The van der Waals surface area contributed by atoms with Crippen LogP contribution in [0.3, 0.4) is 0 Å². The van der Waals surface area contributed by atoms with Gasteiger partial charge in [0.2, 0.25) is 11.8 Å². The van der Waals surface area contributed by atoms with E-state index in [1.54, 1.807) is 6.92 Å². The second-order valence-corrected chi connectivity index (χ2v) is 3.94. The summed E-state index contributed by atoms with van der Waals surface area (Å²) in [5.41, 5.74) is 0. The van der Waals surface area contributed by atoms with Gasteiger partial charge in [-0.25, -0.2) is 4.79 Å². The SMILES string of the molecule is CC(CS)C(=O)N1C(=O)CC[C@H]1C(=O)O. The first-order valence-corrected chi connectivity index (χ1v) is 5.31. The highest BCUT2D eigenvalue weighted by atomic mass is 32.1. The van der Waals surface area contributed by atoms with Crippen molar-refractivity contribution in [1.82, 2.24) is 4.90 Å². The Morgan fingerprint density at radius 1 is 1.67 bits per heavy atom. The van der Waals surface area contributed by atoms with E-state index in [4.69, 9.17) is 5.11 Å². The summed E-state index contributed by atoms with van der Waals surface area (Å²) in [5, 5.41) is 8.84. The number of carbonyl (C=O) groups excluding carboxylic acids is 2. The van der Waals surface area contributed by atoms with Gasteiger partial charge >= 0.3 is 5.97 Å². The number of thiol groups is 1. The molecule has 6 heteroatoms. The molecule has 0 radical (unpaired) electrons. The van der Waals surface area contributed by atoms with Crippen LogP contribution in [-0.4, -0.2) is 39.6 Å². The number of nitrogens with zero attached hydrogens (tertiary/aromatic N) is 1. The Balaban J connectivity index is 2.85. The molecule has 1 saturated heterocycles. The van der Waals surface area contributed by atoms with Gasteiger partial charge in [-0.05, 0) is 6.42 Å². The number of carboxylic acids is 1. The molecule has 2 amide bonds. The number of carbonyl (C=O) groups is 3. The van der Waals surface area contributed by atoms with Gasteiger partial charge < -0.3 is 5.11 Å². The molecule has 15 heavy (non-hydrogen) atoms. The summed E-state index contributed by atoms with van der Waals surface area (Å²) in [6, 6.07) is -0.993. The average molecular weight is 231 g/mol. The van der Waals surface area contributed by atoms with E-state index in [9.17, 15) is 14.4 Å². The molecule has 5 nitrogen and oxygen atoms in total. The number of amides is 2. The van der Waals surface area contributed by atoms with Crippen molar-refractivity contribution in [3.63, 3.8) is 0 Å². The summed E-state index contributed by atoms with van der Waals surface area (Å²) in [7, 11) is 0. The Bertz CT molecular complexity index is 304. The number of imide groups is 1. The Morgan fingerprint density at radius 2 is 2.27 bits per heavy atom. The molecule has 1 N–H and O–H groups in total. The highest BCUT2D eigenvalue weighted by Crippen LogP contribution is 2.21. The van der Waals surface area contributed by atoms with Crippen LogP contribution in [0.1, 0.15) is 19.8 Å². The minimum Gasteiger partial charge on any atom is -0.480 e. The predicted octanol–water partition coefficient (Wildman–Crippen LogP) is 0.154. The molecule has 0 saturated carbocycles. The van der Waals surface area contributed by atoms with Crippen LogP contribution in [0.5, 0.6) is 0 Å². The fraction of sp³-hybridized carbons (Fsp3) is 0.667. The quantitative estimate of drug-likeness (QED) is 0.678. The molecule has 1 aliphatic rings. The minimum atomic E-state index is -1.12.